The average molecular weight is 199 g/mol. The van der Waals surface area contributed by atoms with E-state index in [1.165, 1.54) is 0 Å². The lowest BCUT2D eigenvalue weighted by Gasteiger charge is -2.01. The number of aromatic nitrogens is 2. The third kappa shape index (κ3) is 2.17. The van der Waals surface area contributed by atoms with E-state index in [2.05, 4.69) is 15.3 Å². The van der Waals surface area contributed by atoms with Crippen LogP contribution in [0.1, 0.15) is 0 Å². The number of amides is 1. The van der Waals surface area contributed by atoms with Crippen LogP contribution in [0.25, 0.3) is 11.3 Å². The van der Waals surface area contributed by atoms with E-state index in [4.69, 9.17) is 0 Å². The van der Waals surface area contributed by atoms with Crippen LogP contribution in [0.2, 0.25) is 0 Å². The first-order valence-electron chi connectivity index (χ1n) is 4.48. The summed E-state index contributed by atoms with van der Waals surface area (Å²) >= 11 is 0. The molecule has 0 aliphatic heterocycles. The molecule has 0 unspecified atom stereocenters. The molecule has 1 N–H and O–H groups in total. The monoisotopic (exact) mass is 199 g/mol. The smallest absolute Gasteiger partial charge is 0.212 e. The van der Waals surface area contributed by atoms with Gasteiger partial charge in [-0.2, -0.15) is 0 Å². The highest BCUT2D eigenvalue weighted by Crippen LogP contribution is 2.15. The van der Waals surface area contributed by atoms with E-state index in [1.54, 1.807) is 18.5 Å². The lowest BCUT2D eigenvalue weighted by molar-refractivity contribution is -0.105. The number of pyridine rings is 2. The number of anilines is 1. The molecule has 0 aromatic carbocycles. The van der Waals surface area contributed by atoms with Gasteiger partial charge in [0.1, 0.15) is 5.82 Å². The van der Waals surface area contributed by atoms with E-state index < -0.39 is 0 Å². The third-order valence-electron chi connectivity index (χ3n) is 1.93. The molecule has 0 saturated carbocycles. The fraction of sp³-hybridized carbons (Fsp3) is 0. The van der Waals surface area contributed by atoms with Gasteiger partial charge in [0.25, 0.3) is 0 Å². The minimum atomic E-state index is 0.532. The van der Waals surface area contributed by atoms with Crippen molar-refractivity contribution in [3.63, 3.8) is 0 Å². The van der Waals surface area contributed by atoms with E-state index in [0.29, 0.717) is 12.2 Å². The predicted octanol–water partition coefficient (Wildman–Crippen LogP) is 1.71. The largest absolute Gasteiger partial charge is 0.313 e. The first kappa shape index (κ1) is 9.33. The van der Waals surface area contributed by atoms with Crippen LogP contribution in [0, 0.1) is 0 Å². The van der Waals surface area contributed by atoms with Gasteiger partial charge in [-0.15, -0.1) is 0 Å². The number of rotatable bonds is 3. The van der Waals surface area contributed by atoms with E-state index in [9.17, 15) is 4.79 Å². The van der Waals surface area contributed by atoms with Gasteiger partial charge in [0.15, 0.2) is 0 Å². The molecule has 15 heavy (non-hydrogen) atoms. The molecule has 74 valence electrons. The Morgan fingerprint density at radius 2 is 2.07 bits per heavy atom. The molecule has 0 radical (unpaired) electrons. The van der Waals surface area contributed by atoms with Crippen LogP contribution < -0.4 is 5.32 Å². The number of carbonyl (C=O) groups excluding carboxylic acids is 1. The molecule has 2 aromatic heterocycles. The maximum absolute atomic E-state index is 10.2. The second-order valence-corrected chi connectivity index (χ2v) is 2.91. The Kier molecular flexibility index (Phi) is 2.69. The summed E-state index contributed by atoms with van der Waals surface area (Å²) in [7, 11) is 0. The van der Waals surface area contributed by atoms with Gasteiger partial charge in [-0.05, 0) is 24.3 Å². The van der Waals surface area contributed by atoms with Gasteiger partial charge in [0.2, 0.25) is 6.41 Å². The molecular weight excluding hydrogens is 190 g/mol. The van der Waals surface area contributed by atoms with Crippen molar-refractivity contribution in [1.82, 2.24) is 9.97 Å². The zero-order chi connectivity index (χ0) is 10.5. The van der Waals surface area contributed by atoms with Gasteiger partial charge in [0, 0.05) is 18.0 Å². The fourth-order valence-electron chi connectivity index (χ4n) is 1.22. The van der Waals surface area contributed by atoms with Crippen molar-refractivity contribution in [3.05, 3.63) is 42.7 Å². The van der Waals surface area contributed by atoms with Crippen molar-refractivity contribution in [2.75, 3.05) is 5.32 Å². The number of carbonyl (C=O) groups is 1. The van der Waals surface area contributed by atoms with Gasteiger partial charge in [0.05, 0.1) is 5.69 Å². The number of nitrogens with one attached hydrogen (secondary N) is 1. The summed E-state index contributed by atoms with van der Waals surface area (Å²) in [6, 6.07) is 9.28. The normalized spacial score (nSPS) is 9.60. The highest BCUT2D eigenvalue weighted by molar-refractivity contribution is 5.70. The molecule has 0 aliphatic rings. The zero-order valence-electron chi connectivity index (χ0n) is 7.92. The van der Waals surface area contributed by atoms with Crippen molar-refractivity contribution >= 4 is 12.2 Å². The molecule has 0 atom stereocenters. The zero-order valence-corrected chi connectivity index (χ0v) is 7.92. The Morgan fingerprint density at radius 3 is 2.67 bits per heavy atom. The summed E-state index contributed by atoms with van der Waals surface area (Å²) in [4.78, 5) is 18.4. The lowest BCUT2D eigenvalue weighted by atomic mass is 10.2. The number of hydrogen-bond donors (Lipinski definition) is 1. The second-order valence-electron chi connectivity index (χ2n) is 2.91. The Hall–Kier alpha value is -2.23. The van der Waals surface area contributed by atoms with Crippen LogP contribution in [-0.2, 0) is 4.79 Å². The van der Waals surface area contributed by atoms with E-state index in [-0.39, 0.29) is 0 Å². The van der Waals surface area contributed by atoms with Gasteiger partial charge >= 0.3 is 0 Å². The standard InChI is InChI=1S/C11H9N3O/c15-8-14-11-5-4-9(7-13-11)10-3-1-2-6-12-10/h1-8H,(H,13,14,15). The Balaban J connectivity index is 2.28. The second kappa shape index (κ2) is 4.32. The van der Waals surface area contributed by atoms with Gasteiger partial charge in [-0.1, -0.05) is 6.07 Å². The van der Waals surface area contributed by atoms with E-state index >= 15 is 0 Å². The van der Waals surface area contributed by atoms with Crippen molar-refractivity contribution in [2.45, 2.75) is 0 Å². The molecule has 2 heterocycles. The van der Waals surface area contributed by atoms with E-state index in [0.717, 1.165) is 11.3 Å². The molecule has 0 bridgehead atoms. The molecule has 0 spiro atoms. The quantitative estimate of drug-likeness (QED) is 0.765. The minimum absolute atomic E-state index is 0.532. The van der Waals surface area contributed by atoms with Crippen LogP contribution in [0.15, 0.2) is 42.7 Å². The van der Waals surface area contributed by atoms with E-state index in [1.807, 2.05) is 24.3 Å². The topological polar surface area (TPSA) is 54.9 Å². The highest BCUT2D eigenvalue weighted by atomic mass is 16.1. The predicted molar refractivity (Wildman–Crippen MR) is 57.2 cm³/mol. The maximum Gasteiger partial charge on any atom is 0.212 e. The SMILES string of the molecule is O=CNc1ccc(-c2ccccn2)cn1. The summed E-state index contributed by atoms with van der Waals surface area (Å²) < 4.78 is 0. The molecule has 4 nitrogen and oxygen atoms in total. The molecule has 2 aromatic rings. The summed E-state index contributed by atoms with van der Waals surface area (Å²) in [5.74, 6) is 0.532. The first-order valence-corrected chi connectivity index (χ1v) is 4.48. The van der Waals surface area contributed by atoms with Gasteiger partial charge in [-0.3, -0.25) is 9.78 Å². The van der Waals surface area contributed by atoms with Crippen LogP contribution in [0.3, 0.4) is 0 Å². The Morgan fingerprint density at radius 1 is 1.13 bits per heavy atom. The highest BCUT2D eigenvalue weighted by Gasteiger charge is 1.98. The lowest BCUT2D eigenvalue weighted by Crippen LogP contribution is -1.96. The van der Waals surface area contributed by atoms with Crippen LogP contribution in [0.5, 0.6) is 0 Å². The van der Waals surface area contributed by atoms with Crippen molar-refractivity contribution in [1.29, 1.82) is 0 Å². The van der Waals surface area contributed by atoms with Crippen molar-refractivity contribution in [3.8, 4) is 11.3 Å². The molecule has 0 saturated heterocycles. The summed E-state index contributed by atoms with van der Waals surface area (Å²) in [5, 5.41) is 2.47. The van der Waals surface area contributed by atoms with Crippen molar-refractivity contribution < 1.29 is 4.79 Å². The maximum atomic E-state index is 10.2. The molecule has 2 rings (SSSR count). The van der Waals surface area contributed by atoms with Crippen LogP contribution in [0.4, 0.5) is 5.82 Å². The summed E-state index contributed by atoms with van der Waals surface area (Å²) in [6.45, 7) is 0. The molecule has 4 heteroatoms. The average Bonchev–Trinajstić information content (AvgIpc) is 2.32. The number of hydrogen-bond acceptors (Lipinski definition) is 3. The minimum Gasteiger partial charge on any atom is -0.313 e. The molecule has 1 amide bonds. The Labute approximate surface area is 87.0 Å². The third-order valence-corrected chi connectivity index (χ3v) is 1.93. The van der Waals surface area contributed by atoms with Gasteiger partial charge in [-0.25, -0.2) is 4.98 Å². The summed E-state index contributed by atoms with van der Waals surface area (Å²) in [5.41, 5.74) is 1.79. The molecular formula is C11H9N3O. The number of nitrogens with zero attached hydrogens (tertiary/aromatic N) is 2. The molecule has 0 fully saturated rings. The summed E-state index contributed by atoms with van der Waals surface area (Å²) in [6.07, 6.45) is 4.00. The molecule has 0 aliphatic carbocycles. The Bertz CT molecular complexity index is 439. The van der Waals surface area contributed by atoms with Crippen LogP contribution in [-0.4, -0.2) is 16.4 Å². The van der Waals surface area contributed by atoms with Crippen LogP contribution >= 0.6 is 0 Å². The van der Waals surface area contributed by atoms with Gasteiger partial charge < -0.3 is 5.32 Å². The van der Waals surface area contributed by atoms with Crippen molar-refractivity contribution in [2.24, 2.45) is 0 Å². The fourth-order valence-corrected chi connectivity index (χ4v) is 1.22. The first-order chi connectivity index (χ1) is 7.40.